The van der Waals surface area contributed by atoms with Crippen LogP contribution in [0.4, 0.5) is 4.39 Å². The number of carbonyl (C=O) groups excluding carboxylic acids is 1. The van der Waals surface area contributed by atoms with Crippen LogP contribution >= 0.6 is 15.9 Å². The lowest BCUT2D eigenvalue weighted by atomic mass is 10.2. The first-order valence-electron chi connectivity index (χ1n) is 5.93. The molecule has 0 aliphatic carbocycles. The molecule has 17 heavy (non-hydrogen) atoms. The van der Waals surface area contributed by atoms with Gasteiger partial charge in [-0.1, -0.05) is 12.8 Å². The Kier molecular flexibility index (Phi) is 4.15. The summed E-state index contributed by atoms with van der Waals surface area (Å²) in [6, 6.07) is 4.44. The van der Waals surface area contributed by atoms with Crippen LogP contribution in [0.2, 0.25) is 0 Å². The number of nitrogens with zero attached hydrogens (tertiary/aromatic N) is 1. The second-order valence-electron chi connectivity index (χ2n) is 4.34. The minimum Gasteiger partial charge on any atom is -0.339 e. The normalized spacial score (nSPS) is 16.7. The first kappa shape index (κ1) is 12.6. The quantitative estimate of drug-likeness (QED) is 0.776. The number of carbonyl (C=O) groups is 1. The molecule has 92 valence electrons. The highest BCUT2D eigenvalue weighted by molar-refractivity contribution is 9.10. The zero-order valence-corrected chi connectivity index (χ0v) is 11.2. The molecule has 0 unspecified atom stereocenters. The minimum absolute atomic E-state index is 0.00704. The first-order chi connectivity index (χ1) is 8.18. The minimum atomic E-state index is -0.336. The van der Waals surface area contributed by atoms with E-state index in [1.807, 2.05) is 4.90 Å². The highest BCUT2D eigenvalue weighted by Gasteiger charge is 2.17. The average molecular weight is 300 g/mol. The predicted molar refractivity (Wildman–Crippen MR) is 68.5 cm³/mol. The van der Waals surface area contributed by atoms with Crippen LogP contribution in [-0.2, 0) is 0 Å². The van der Waals surface area contributed by atoms with Crippen molar-refractivity contribution in [2.45, 2.75) is 25.7 Å². The predicted octanol–water partition coefficient (Wildman–Crippen LogP) is 3.60. The number of hydrogen-bond donors (Lipinski definition) is 0. The Bertz CT molecular complexity index is 414. The van der Waals surface area contributed by atoms with E-state index in [0.717, 1.165) is 25.9 Å². The van der Waals surface area contributed by atoms with Crippen LogP contribution in [-0.4, -0.2) is 23.9 Å². The Morgan fingerprint density at radius 1 is 1.18 bits per heavy atom. The SMILES string of the molecule is O=C(c1ccc(F)c(Br)c1)N1CCCCCC1. The van der Waals surface area contributed by atoms with Crippen LogP contribution in [0, 0.1) is 5.82 Å². The van der Waals surface area contributed by atoms with Crippen LogP contribution < -0.4 is 0 Å². The van der Waals surface area contributed by atoms with Crippen molar-refractivity contribution >= 4 is 21.8 Å². The fourth-order valence-electron chi connectivity index (χ4n) is 2.09. The summed E-state index contributed by atoms with van der Waals surface area (Å²) in [4.78, 5) is 14.1. The lowest BCUT2D eigenvalue weighted by molar-refractivity contribution is 0.0761. The Morgan fingerprint density at radius 3 is 2.41 bits per heavy atom. The number of benzene rings is 1. The Morgan fingerprint density at radius 2 is 1.82 bits per heavy atom. The lowest BCUT2D eigenvalue weighted by Crippen LogP contribution is -2.31. The highest BCUT2D eigenvalue weighted by atomic mass is 79.9. The van der Waals surface area contributed by atoms with Gasteiger partial charge in [-0.2, -0.15) is 0 Å². The van der Waals surface area contributed by atoms with E-state index in [-0.39, 0.29) is 11.7 Å². The van der Waals surface area contributed by atoms with Crippen molar-refractivity contribution in [3.8, 4) is 0 Å². The zero-order chi connectivity index (χ0) is 12.3. The van der Waals surface area contributed by atoms with Gasteiger partial charge in [0.15, 0.2) is 0 Å². The van der Waals surface area contributed by atoms with Gasteiger partial charge in [0.25, 0.3) is 5.91 Å². The van der Waals surface area contributed by atoms with Crippen molar-refractivity contribution in [1.82, 2.24) is 4.90 Å². The summed E-state index contributed by atoms with van der Waals surface area (Å²) in [5, 5.41) is 0. The molecule has 1 amide bonds. The number of likely N-dealkylation sites (tertiary alicyclic amines) is 1. The molecular formula is C13H15BrFNO. The smallest absolute Gasteiger partial charge is 0.253 e. The van der Waals surface area contributed by atoms with Gasteiger partial charge >= 0.3 is 0 Å². The van der Waals surface area contributed by atoms with Crippen LogP contribution in [0.25, 0.3) is 0 Å². The third kappa shape index (κ3) is 3.06. The van der Waals surface area contributed by atoms with Gasteiger partial charge in [-0.05, 0) is 47.0 Å². The van der Waals surface area contributed by atoms with Gasteiger partial charge in [-0.25, -0.2) is 4.39 Å². The molecular weight excluding hydrogens is 285 g/mol. The standard InChI is InChI=1S/C13H15BrFNO/c14-11-9-10(5-6-12(11)15)13(17)16-7-3-1-2-4-8-16/h5-6,9H,1-4,7-8H2. The van der Waals surface area contributed by atoms with E-state index in [0.29, 0.717) is 10.0 Å². The molecule has 0 saturated carbocycles. The molecule has 1 aliphatic heterocycles. The van der Waals surface area contributed by atoms with Crippen LogP contribution in [0.1, 0.15) is 36.0 Å². The maximum atomic E-state index is 13.1. The lowest BCUT2D eigenvalue weighted by Gasteiger charge is -2.20. The number of hydrogen-bond acceptors (Lipinski definition) is 1. The van der Waals surface area contributed by atoms with Gasteiger partial charge in [0, 0.05) is 18.7 Å². The van der Waals surface area contributed by atoms with Crippen molar-refractivity contribution in [2.75, 3.05) is 13.1 Å². The van der Waals surface area contributed by atoms with Crippen LogP contribution in [0.5, 0.6) is 0 Å². The zero-order valence-electron chi connectivity index (χ0n) is 9.59. The molecule has 0 aromatic heterocycles. The van der Waals surface area contributed by atoms with Gasteiger partial charge in [0.1, 0.15) is 5.82 Å². The molecule has 0 spiro atoms. The molecule has 2 rings (SSSR count). The Balaban J connectivity index is 2.14. The molecule has 1 aliphatic rings. The maximum absolute atomic E-state index is 13.1. The van der Waals surface area contributed by atoms with Gasteiger partial charge < -0.3 is 4.90 Å². The largest absolute Gasteiger partial charge is 0.339 e. The third-order valence-electron chi connectivity index (χ3n) is 3.06. The van der Waals surface area contributed by atoms with E-state index >= 15 is 0 Å². The second kappa shape index (κ2) is 5.63. The molecule has 0 N–H and O–H groups in total. The topological polar surface area (TPSA) is 20.3 Å². The summed E-state index contributed by atoms with van der Waals surface area (Å²) < 4.78 is 13.4. The molecule has 4 heteroatoms. The molecule has 0 atom stereocenters. The van der Waals surface area contributed by atoms with Gasteiger partial charge in [-0.15, -0.1) is 0 Å². The van der Waals surface area contributed by atoms with Crippen molar-refractivity contribution in [3.63, 3.8) is 0 Å². The van der Waals surface area contributed by atoms with Crippen LogP contribution in [0.3, 0.4) is 0 Å². The van der Waals surface area contributed by atoms with Gasteiger partial charge in [-0.3, -0.25) is 4.79 Å². The molecule has 1 fully saturated rings. The molecule has 2 nitrogen and oxygen atoms in total. The molecule has 1 heterocycles. The fraction of sp³-hybridized carbons (Fsp3) is 0.462. The average Bonchev–Trinajstić information content (AvgIpc) is 2.60. The molecule has 0 radical (unpaired) electrons. The van der Waals surface area contributed by atoms with E-state index in [9.17, 15) is 9.18 Å². The number of rotatable bonds is 1. The Labute approximate surface area is 109 Å². The molecule has 0 bridgehead atoms. The molecule has 1 saturated heterocycles. The second-order valence-corrected chi connectivity index (χ2v) is 5.19. The van der Waals surface area contributed by atoms with E-state index in [2.05, 4.69) is 15.9 Å². The van der Waals surface area contributed by atoms with Crippen molar-refractivity contribution in [3.05, 3.63) is 34.1 Å². The number of halogens is 2. The summed E-state index contributed by atoms with van der Waals surface area (Å²) in [6.07, 6.45) is 4.51. The highest BCUT2D eigenvalue weighted by Crippen LogP contribution is 2.19. The Hall–Kier alpha value is -0.900. The maximum Gasteiger partial charge on any atom is 0.253 e. The molecule has 1 aromatic rings. The first-order valence-corrected chi connectivity index (χ1v) is 6.72. The summed E-state index contributed by atoms with van der Waals surface area (Å²) >= 11 is 3.11. The monoisotopic (exact) mass is 299 g/mol. The summed E-state index contributed by atoms with van der Waals surface area (Å²) in [7, 11) is 0. The van der Waals surface area contributed by atoms with Crippen molar-refractivity contribution in [2.24, 2.45) is 0 Å². The van der Waals surface area contributed by atoms with E-state index in [4.69, 9.17) is 0 Å². The van der Waals surface area contributed by atoms with Crippen LogP contribution in [0.15, 0.2) is 22.7 Å². The summed E-state index contributed by atoms with van der Waals surface area (Å²) in [6.45, 7) is 1.63. The number of amides is 1. The summed E-state index contributed by atoms with van der Waals surface area (Å²) in [5.74, 6) is -0.329. The van der Waals surface area contributed by atoms with E-state index in [1.165, 1.54) is 18.9 Å². The van der Waals surface area contributed by atoms with Gasteiger partial charge in [0.05, 0.1) is 4.47 Å². The third-order valence-corrected chi connectivity index (χ3v) is 3.67. The van der Waals surface area contributed by atoms with Crippen molar-refractivity contribution < 1.29 is 9.18 Å². The van der Waals surface area contributed by atoms with E-state index in [1.54, 1.807) is 12.1 Å². The fourth-order valence-corrected chi connectivity index (χ4v) is 2.46. The van der Waals surface area contributed by atoms with E-state index < -0.39 is 0 Å². The van der Waals surface area contributed by atoms with Gasteiger partial charge in [0.2, 0.25) is 0 Å². The summed E-state index contributed by atoms with van der Waals surface area (Å²) in [5.41, 5.74) is 0.556. The molecule has 1 aromatic carbocycles. The van der Waals surface area contributed by atoms with Crippen molar-refractivity contribution in [1.29, 1.82) is 0 Å².